The van der Waals surface area contributed by atoms with Crippen LogP contribution in [-0.4, -0.2) is 11.6 Å². The van der Waals surface area contributed by atoms with E-state index in [1.54, 1.807) is 12.2 Å². The van der Waals surface area contributed by atoms with Crippen LogP contribution in [0.15, 0.2) is 36.0 Å². The maximum Gasteiger partial charge on any atom is 0.178 e. The zero-order valence-corrected chi connectivity index (χ0v) is 15.5. The fourth-order valence-electron chi connectivity index (χ4n) is 5.98. The second-order valence-electron chi connectivity index (χ2n) is 8.18. The van der Waals surface area contributed by atoms with Crippen molar-refractivity contribution < 1.29 is 9.59 Å². The summed E-state index contributed by atoms with van der Waals surface area (Å²) < 4.78 is 0. The standard InChI is InChI=1S/C20H24O2.C2H6/c1-12-10-14-15-4-5-18(22)20(15,3)9-7-16(14)19(2)8-6-13(21)11-17(12)19;1-2/h6,8,11,14-16H,1,4-5,7,9-10H2,2-3H3;1-2H3. The highest BCUT2D eigenvalue weighted by Gasteiger charge is 2.59. The van der Waals surface area contributed by atoms with Crippen molar-refractivity contribution in [3.63, 3.8) is 0 Å². The van der Waals surface area contributed by atoms with E-state index in [1.165, 1.54) is 0 Å². The molecule has 0 aromatic heterocycles. The summed E-state index contributed by atoms with van der Waals surface area (Å²) in [4.78, 5) is 24.2. The summed E-state index contributed by atoms with van der Waals surface area (Å²) in [6, 6.07) is 0. The predicted octanol–water partition coefficient (Wildman–Crippen LogP) is 5.06. The number of rotatable bonds is 0. The lowest BCUT2D eigenvalue weighted by Gasteiger charge is -2.56. The van der Waals surface area contributed by atoms with Crippen molar-refractivity contribution in [3.05, 3.63) is 36.0 Å². The molecule has 5 unspecified atom stereocenters. The molecule has 0 radical (unpaired) electrons. The first-order valence-corrected chi connectivity index (χ1v) is 9.53. The largest absolute Gasteiger partial charge is 0.299 e. The van der Waals surface area contributed by atoms with Crippen molar-refractivity contribution in [2.45, 2.75) is 59.8 Å². The van der Waals surface area contributed by atoms with Crippen LogP contribution >= 0.6 is 0 Å². The molecule has 2 heteroatoms. The third-order valence-corrected chi connectivity index (χ3v) is 7.24. The van der Waals surface area contributed by atoms with Gasteiger partial charge in [0.15, 0.2) is 5.78 Å². The van der Waals surface area contributed by atoms with Gasteiger partial charge in [-0.25, -0.2) is 0 Å². The molecule has 0 aromatic rings. The Labute approximate surface area is 146 Å². The van der Waals surface area contributed by atoms with E-state index in [9.17, 15) is 9.59 Å². The van der Waals surface area contributed by atoms with Gasteiger partial charge in [-0.15, -0.1) is 0 Å². The summed E-state index contributed by atoms with van der Waals surface area (Å²) >= 11 is 0. The van der Waals surface area contributed by atoms with Crippen molar-refractivity contribution in [3.8, 4) is 0 Å². The number of carbonyl (C=O) groups is 2. The normalized spacial score (nSPS) is 43.2. The molecule has 4 aliphatic rings. The summed E-state index contributed by atoms with van der Waals surface area (Å²) in [5.74, 6) is 2.14. The van der Waals surface area contributed by atoms with Crippen molar-refractivity contribution in [2.75, 3.05) is 0 Å². The molecular weight excluding hydrogens is 296 g/mol. The minimum atomic E-state index is -0.104. The van der Waals surface area contributed by atoms with Crippen LogP contribution in [0, 0.1) is 28.6 Å². The Morgan fingerprint density at radius 2 is 1.83 bits per heavy atom. The summed E-state index contributed by atoms with van der Waals surface area (Å²) in [5.41, 5.74) is 2.09. The van der Waals surface area contributed by atoms with Gasteiger partial charge in [-0.3, -0.25) is 9.59 Å². The van der Waals surface area contributed by atoms with E-state index in [0.717, 1.165) is 43.3 Å². The highest BCUT2D eigenvalue weighted by molar-refractivity contribution is 6.02. The maximum absolute atomic E-state index is 12.4. The number of hydrogen-bond acceptors (Lipinski definition) is 2. The van der Waals surface area contributed by atoms with Crippen molar-refractivity contribution >= 4 is 11.6 Å². The second-order valence-corrected chi connectivity index (χ2v) is 8.18. The molecule has 0 N–H and O–H groups in total. The van der Waals surface area contributed by atoms with Gasteiger partial charge in [-0.1, -0.05) is 45.9 Å². The Hall–Kier alpha value is -1.44. The van der Waals surface area contributed by atoms with E-state index in [2.05, 4.69) is 26.5 Å². The van der Waals surface area contributed by atoms with Crippen molar-refractivity contribution in [2.24, 2.45) is 28.6 Å². The Balaban J connectivity index is 0.000000815. The van der Waals surface area contributed by atoms with E-state index < -0.39 is 0 Å². The zero-order chi connectivity index (χ0) is 17.7. The first-order chi connectivity index (χ1) is 11.4. The molecule has 130 valence electrons. The Bertz CT molecular complexity index is 653. The van der Waals surface area contributed by atoms with Crippen LogP contribution < -0.4 is 0 Å². The molecule has 3 saturated carbocycles. The van der Waals surface area contributed by atoms with Gasteiger partial charge in [0.1, 0.15) is 5.78 Å². The van der Waals surface area contributed by atoms with E-state index in [0.29, 0.717) is 23.5 Å². The van der Waals surface area contributed by atoms with Crippen LogP contribution in [0.25, 0.3) is 0 Å². The molecule has 0 aliphatic heterocycles. The van der Waals surface area contributed by atoms with Gasteiger partial charge in [-0.05, 0) is 61.2 Å². The van der Waals surface area contributed by atoms with Crippen LogP contribution in [-0.2, 0) is 9.59 Å². The third-order valence-electron chi connectivity index (χ3n) is 7.24. The minimum absolute atomic E-state index is 0.0686. The molecule has 0 spiro atoms. The zero-order valence-electron chi connectivity index (χ0n) is 15.5. The number of hydrogen-bond donors (Lipinski definition) is 0. The molecule has 24 heavy (non-hydrogen) atoms. The van der Waals surface area contributed by atoms with Gasteiger partial charge in [0, 0.05) is 17.3 Å². The average molecular weight is 326 g/mol. The molecule has 5 atom stereocenters. The Morgan fingerprint density at radius 1 is 1.12 bits per heavy atom. The molecule has 4 aliphatic carbocycles. The number of ketones is 2. The summed E-state index contributed by atoms with van der Waals surface area (Å²) in [6.45, 7) is 12.7. The Kier molecular flexibility index (Phi) is 4.22. The number of fused-ring (bicyclic) bond motifs is 5. The van der Waals surface area contributed by atoms with Gasteiger partial charge >= 0.3 is 0 Å². The van der Waals surface area contributed by atoms with Crippen molar-refractivity contribution in [1.29, 1.82) is 0 Å². The molecule has 0 heterocycles. The first-order valence-electron chi connectivity index (χ1n) is 9.53. The van der Waals surface area contributed by atoms with Gasteiger partial charge in [0.2, 0.25) is 0 Å². The van der Waals surface area contributed by atoms with E-state index in [-0.39, 0.29) is 16.6 Å². The maximum atomic E-state index is 12.4. The molecule has 0 saturated heterocycles. The number of Topliss-reactive ketones (excluding diaryl/α,β-unsaturated/α-hetero) is 1. The highest BCUT2D eigenvalue weighted by atomic mass is 16.1. The van der Waals surface area contributed by atoms with Crippen molar-refractivity contribution in [1.82, 2.24) is 0 Å². The average Bonchev–Trinajstić information content (AvgIpc) is 2.87. The topological polar surface area (TPSA) is 34.1 Å². The molecule has 0 bridgehead atoms. The van der Waals surface area contributed by atoms with Crippen LogP contribution in [0.5, 0.6) is 0 Å². The van der Waals surface area contributed by atoms with Gasteiger partial charge < -0.3 is 0 Å². The predicted molar refractivity (Wildman–Crippen MR) is 97.5 cm³/mol. The van der Waals surface area contributed by atoms with E-state index >= 15 is 0 Å². The lowest BCUT2D eigenvalue weighted by atomic mass is 9.48. The first kappa shape index (κ1) is 17.4. The van der Waals surface area contributed by atoms with Gasteiger partial charge in [-0.2, -0.15) is 0 Å². The van der Waals surface area contributed by atoms with E-state index in [1.807, 2.05) is 13.8 Å². The van der Waals surface area contributed by atoms with E-state index in [4.69, 9.17) is 0 Å². The smallest absolute Gasteiger partial charge is 0.178 e. The fraction of sp³-hybridized carbons (Fsp3) is 0.636. The monoisotopic (exact) mass is 326 g/mol. The fourth-order valence-corrected chi connectivity index (χ4v) is 5.98. The summed E-state index contributed by atoms with van der Waals surface area (Å²) in [6.07, 6.45) is 10.5. The number of carbonyl (C=O) groups excluding carboxylic acids is 2. The summed E-state index contributed by atoms with van der Waals surface area (Å²) in [7, 11) is 0. The molecule has 3 fully saturated rings. The van der Waals surface area contributed by atoms with Crippen LogP contribution in [0.4, 0.5) is 0 Å². The molecule has 0 amide bonds. The van der Waals surface area contributed by atoms with Crippen LogP contribution in [0.1, 0.15) is 59.8 Å². The second kappa shape index (κ2) is 5.82. The van der Waals surface area contributed by atoms with Crippen LogP contribution in [0.3, 0.4) is 0 Å². The number of allylic oxidation sites excluding steroid dienone is 5. The van der Waals surface area contributed by atoms with Gasteiger partial charge in [0.25, 0.3) is 0 Å². The summed E-state index contributed by atoms with van der Waals surface area (Å²) in [5, 5.41) is 0. The lowest BCUT2D eigenvalue weighted by molar-refractivity contribution is -0.131. The highest BCUT2D eigenvalue weighted by Crippen LogP contribution is 2.64. The molecule has 4 rings (SSSR count). The minimum Gasteiger partial charge on any atom is -0.299 e. The molecular formula is C22H30O2. The lowest BCUT2D eigenvalue weighted by Crippen LogP contribution is -2.50. The SMILES string of the molecule is C=C1CC2C(CCC3(C)C(=O)CCC23)C2(C)C=CC(=O)C=C12.CC. The third kappa shape index (κ3) is 2.22. The van der Waals surface area contributed by atoms with Crippen LogP contribution in [0.2, 0.25) is 0 Å². The Morgan fingerprint density at radius 3 is 2.54 bits per heavy atom. The quantitative estimate of drug-likeness (QED) is 0.624. The molecule has 2 nitrogen and oxygen atoms in total. The van der Waals surface area contributed by atoms with Gasteiger partial charge in [0.05, 0.1) is 0 Å². The molecule has 0 aromatic carbocycles.